The van der Waals surface area contributed by atoms with Gasteiger partial charge in [-0.05, 0) is 68.1 Å². The van der Waals surface area contributed by atoms with Crippen LogP contribution in [-0.2, 0) is 0 Å². The molecule has 1 aromatic heterocycles. The number of amides is 2. The number of carbonyl (C=O) groups excluding carboxylic acids is 2. The fraction of sp³-hybridized carbons (Fsp3) is 0.346. The summed E-state index contributed by atoms with van der Waals surface area (Å²) in [6.07, 6.45) is 0.768. The molecule has 0 saturated carbocycles. The van der Waals surface area contributed by atoms with Crippen LogP contribution in [0.15, 0.2) is 54.6 Å². The second-order valence-electron chi connectivity index (χ2n) is 9.24. The molecule has 182 valence electrons. The van der Waals surface area contributed by atoms with Gasteiger partial charge in [-0.3, -0.25) is 14.7 Å². The molecule has 35 heavy (non-hydrogen) atoms. The molecular formula is C26H29FN6O2. The number of anilines is 2. The number of hydrogen-bond acceptors (Lipinski definition) is 5. The Balaban J connectivity index is 1.17. The Morgan fingerprint density at radius 2 is 1.71 bits per heavy atom. The average molecular weight is 477 g/mol. The molecule has 3 aromatic rings. The monoisotopic (exact) mass is 476 g/mol. The largest absolute Gasteiger partial charge is 0.369 e. The van der Waals surface area contributed by atoms with E-state index in [0.717, 1.165) is 49.7 Å². The van der Waals surface area contributed by atoms with Crippen LogP contribution < -0.4 is 10.2 Å². The van der Waals surface area contributed by atoms with E-state index < -0.39 is 0 Å². The Kier molecular flexibility index (Phi) is 6.50. The van der Waals surface area contributed by atoms with E-state index in [-0.39, 0.29) is 23.5 Å². The first-order valence-corrected chi connectivity index (χ1v) is 11.9. The maximum absolute atomic E-state index is 13.2. The molecule has 2 aromatic carbocycles. The molecule has 2 fully saturated rings. The minimum absolute atomic E-state index is 0.0660. The predicted octanol–water partition coefficient (Wildman–Crippen LogP) is 3.18. The van der Waals surface area contributed by atoms with Crippen molar-refractivity contribution in [2.75, 3.05) is 56.5 Å². The van der Waals surface area contributed by atoms with E-state index in [2.05, 4.69) is 32.4 Å². The molecule has 0 radical (unpaired) electrons. The molecule has 1 atom stereocenters. The first-order valence-electron chi connectivity index (χ1n) is 11.9. The van der Waals surface area contributed by atoms with Gasteiger partial charge in [-0.15, -0.1) is 0 Å². The van der Waals surface area contributed by atoms with Crippen molar-refractivity contribution in [1.82, 2.24) is 20.0 Å². The smallest absolute Gasteiger partial charge is 0.276 e. The van der Waals surface area contributed by atoms with Gasteiger partial charge in [-0.25, -0.2) is 4.39 Å². The maximum Gasteiger partial charge on any atom is 0.276 e. The first-order chi connectivity index (χ1) is 17.0. The van der Waals surface area contributed by atoms with Crippen LogP contribution in [0, 0.1) is 5.82 Å². The van der Waals surface area contributed by atoms with Gasteiger partial charge in [0.1, 0.15) is 5.82 Å². The van der Waals surface area contributed by atoms with Gasteiger partial charge in [0.15, 0.2) is 5.69 Å². The molecule has 2 aliphatic heterocycles. The Morgan fingerprint density at radius 1 is 1.00 bits per heavy atom. The molecule has 5 rings (SSSR count). The fourth-order valence-electron chi connectivity index (χ4n) is 4.65. The van der Waals surface area contributed by atoms with Gasteiger partial charge in [0.05, 0.1) is 0 Å². The third-order valence-electron chi connectivity index (χ3n) is 6.83. The second kappa shape index (κ2) is 9.87. The SMILES string of the molecule is CN1CCN(c2ccc(NC(=O)c3cc(C4CCN(C(=O)c5ccc(F)cc5)C4)[nH]n3)cc2)CC1. The van der Waals surface area contributed by atoms with Gasteiger partial charge >= 0.3 is 0 Å². The third-order valence-corrected chi connectivity index (χ3v) is 6.83. The molecule has 8 nitrogen and oxygen atoms in total. The third kappa shape index (κ3) is 5.19. The van der Waals surface area contributed by atoms with Crippen molar-refractivity contribution in [2.45, 2.75) is 12.3 Å². The summed E-state index contributed by atoms with van der Waals surface area (Å²) in [6, 6.07) is 15.2. The van der Waals surface area contributed by atoms with Crippen LogP contribution in [0.2, 0.25) is 0 Å². The highest BCUT2D eigenvalue weighted by Crippen LogP contribution is 2.28. The van der Waals surface area contributed by atoms with E-state index in [1.54, 1.807) is 11.0 Å². The Bertz CT molecular complexity index is 1190. The van der Waals surface area contributed by atoms with Crippen molar-refractivity contribution < 1.29 is 14.0 Å². The van der Waals surface area contributed by atoms with Crippen molar-refractivity contribution in [2.24, 2.45) is 0 Å². The van der Waals surface area contributed by atoms with Crippen LogP contribution in [-0.4, -0.2) is 78.1 Å². The molecule has 3 heterocycles. The lowest BCUT2D eigenvalue weighted by Crippen LogP contribution is -2.44. The number of halogens is 1. The Morgan fingerprint density at radius 3 is 2.43 bits per heavy atom. The summed E-state index contributed by atoms with van der Waals surface area (Å²) in [5.74, 6) is -0.700. The molecule has 0 spiro atoms. The van der Waals surface area contributed by atoms with Crippen molar-refractivity contribution in [3.8, 4) is 0 Å². The normalized spacial score (nSPS) is 18.6. The van der Waals surface area contributed by atoms with Crippen LogP contribution in [0.3, 0.4) is 0 Å². The number of likely N-dealkylation sites (tertiary alicyclic amines) is 1. The zero-order valence-electron chi connectivity index (χ0n) is 19.7. The van der Waals surface area contributed by atoms with Gasteiger partial charge in [0.2, 0.25) is 0 Å². The molecule has 2 saturated heterocycles. The van der Waals surface area contributed by atoms with Crippen molar-refractivity contribution >= 4 is 23.2 Å². The number of aromatic amines is 1. The minimum Gasteiger partial charge on any atom is -0.369 e. The first kappa shape index (κ1) is 23.0. The van der Waals surface area contributed by atoms with Gasteiger partial charge in [0.25, 0.3) is 11.8 Å². The highest BCUT2D eigenvalue weighted by atomic mass is 19.1. The van der Waals surface area contributed by atoms with Crippen LogP contribution in [0.1, 0.15) is 38.9 Å². The van der Waals surface area contributed by atoms with E-state index in [1.807, 2.05) is 24.3 Å². The number of H-pyrrole nitrogens is 1. The molecular weight excluding hydrogens is 447 g/mol. The summed E-state index contributed by atoms with van der Waals surface area (Å²) in [7, 11) is 2.13. The average Bonchev–Trinajstić information content (AvgIpc) is 3.55. The number of rotatable bonds is 5. The van der Waals surface area contributed by atoms with Gasteiger partial charge in [0, 0.05) is 67.8 Å². The van der Waals surface area contributed by atoms with Crippen molar-refractivity contribution in [1.29, 1.82) is 0 Å². The standard InChI is InChI=1S/C26H29FN6O2/c1-31-12-14-32(15-13-31)22-8-6-21(7-9-22)28-25(34)24-16-23(29-30-24)19-10-11-33(17-19)26(35)18-2-4-20(27)5-3-18/h2-9,16,19H,10-15,17H2,1H3,(H,28,34)(H,29,30). The van der Waals surface area contributed by atoms with Gasteiger partial charge < -0.3 is 20.0 Å². The number of aromatic nitrogens is 2. The van der Waals surface area contributed by atoms with Crippen molar-refractivity contribution in [3.63, 3.8) is 0 Å². The lowest BCUT2D eigenvalue weighted by molar-refractivity contribution is 0.0790. The topological polar surface area (TPSA) is 84.6 Å². The second-order valence-corrected chi connectivity index (χ2v) is 9.24. The molecule has 1 unspecified atom stereocenters. The van der Waals surface area contributed by atoms with Gasteiger partial charge in [-0.1, -0.05) is 0 Å². The predicted molar refractivity (Wildman–Crippen MR) is 132 cm³/mol. The van der Waals surface area contributed by atoms with Crippen LogP contribution in [0.5, 0.6) is 0 Å². The van der Waals surface area contributed by atoms with Crippen LogP contribution in [0.4, 0.5) is 15.8 Å². The summed E-state index contributed by atoms with van der Waals surface area (Å²) in [5.41, 5.74) is 3.48. The minimum atomic E-state index is -0.366. The molecule has 0 bridgehead atoms. The summed E-state index contributed by atoms with van der Waals surface area (Å²) < 4.78 is 13.2. The summed E-state index contributed by atoms with van der Waals surface area (Å²) in [4.78, 5) is 31.9. The summed E-state index contributed by atoms with van der Waals surface area (Å²) in [5, 5.41) is 10.1. The summed E-state index contributed by atoms with van der Waals surface area (Å²) >= 11 is 0. The number of nitrogens with one attached hydrogen (secondary N) is 2. The Hall–Kier alpha value is -3.72. The van der Waals surface area contributed by atoms with Crippen LogP contribution >= 0.6 is 0 Å². The Labute approximate surface area is 203 Å². The lowest BCUT2D eigenvalue weighted by atomic mass is 10.0. The molecule has 2 amide bonds. The van der Waals surface area contributed by atoms with E-state index >= 15 is 0 Å². The van der Waals surface area contributed by atoms with Gasteiger partial charge in [-0.2, -0.15) is 5.10 Å². The quantitative estimate of drug-likeness (QED) is 0.591. The summed E-state index contributed by atoms with van der Waals surface area (Å²) in [6.45, 7) is 5.19. The maximum atomic E-state index is 13.2. The number of benzene rings is 2. The van der Waals surface area contributed by atoms with E-state index in [0.29, 0.717) is 24.3 Å². The lowest BCUT2D eigenvalue weighted by Gasteiger charge is -2.34. The molecule has 9 heteroatoms. The highest BCUT2D eigenvalue weighted by molar-refractivity contribution is 6.03. The molecule has 0 aliphatic carbocycles. The highest BCUT2D eigenvalue weighted by Gasteiger charge is 2.29. The zero-order chi connectivity index (χ0) is 24.4. The number of piperazine rings is 1. The molecule has 2 N–H and O–H groups in total. The number of nitrogens with zero attached hydrogens (tertiary/aromatic N) is 4. The van der Waals surface area contributed by atoms with Crippen molar-refractivity contribution in [3.05, 3.63) is 77.4 Å². The number of likely N-dealkylation sites (N-methyl/N-ethyl adjacent to an activating group) is 1. The van der Waals surface area contributed by atoms with E-state index in [1.165, 1.54) is 24.3 Å². The van der Waals surface area contributed by atoms with E-state index in [4.69, 9.17) is 0 Å². The molecule has 2 aliphatic rings. The van der Waals surface area contributed by atoms with E-state index in [9.17, 15) is 14.0 Å². The number of carbonyl (C=O) groups is 2. The fourth-order valence-corrected chi connectivity index (χ4v) is 4.65. The zero-order valence-corrected chi connectivity index (χ0v) is 19.7. The number of hydrogen-bond donors (Lipinski definition) is 2. The van der Waals surface area contributed by atoms with Crippen LogP contribution in [0.25, 0.3) is 0 Å².